The summed E-state index contributed by atoms with van der Waals surface area (Å²) >= 11 is 0. The van der Waals surface area contributed by atoms with E-state index in [9.17, 15) is 4.79 Å². The van der Waals surface area contributed by atoms with Crippen LogP contribution < -0.4 is 5.32 Å². The van der Waals surface area contributed by atoms with Crippen molar-refractivity contribution in [3.8, 4) is 0 Å². The van der Waals surface area contributed by atoms with Crippen molar-refractivity contribution < 1.29 is 10.0 Å². The normalized spacial score (nSPS) is 11.1. The van der Waals surface area contributed by atoms with Gasteiger partial charge in [-0.25, -0.2) is 0 Å². The Morgan fingerprint density at radius 3 is 2.76 bits per heavy atom. The summed E-state index contributed by atoms with van der Waals surface area (Å²) in [4.78, 5) is 10.6. The van der Waals surface area contributed by atoms with E-state index in [2.05, 4.69) is 10.5 Å². The van der Waals surface area contributed by atoms with Crippen molar-refractivity contribution in [2.45, 2.75) is 13.3 Å². The number of nitrogens with zero attached hydrogens (tertiary/aromatic N) is 1. The minimum Gasteiger partial charge on any atom is -0.411 e. The predicted octanol–water partition coefficient (Wildman–Crippen LogP) is 2.03. The highest BCUT2D eigenvalue weighted by Crippen LogP contribution is 2.08. The van der Waals surface area contributed by atoms with Crippen LogP contribution in [0.5, 0.6) is 0 Å². The van der Waals surface area contributed by atoms with Gasteiger partial charge in [0, 0.05) is 19.0 Å². The predicted molar refractivity (Wildman–Crippen MR) is 68.2 cm³/mol. The number of oxime groups is 1. The third-order valence-corrected chi connectivity index (χ3v) is 2.18. The Labute approximate surface area is 101 Å². The van der Waals surface area contributed by atoms with E-state index in [1.165, 1.54) is 13.1 Å². The summed E-state index contributed by atoms with van der Waals surface area (Å²) in [5.41, 5.74) is 1.83. The topological polar surface area (TPSA) is 61.7 Å². The highest BCUT2D eigenvalue weighted by Gasteiger charge is 1.94. The van der Waals surface area contributed by atoms with Crippen LogP contribution in [-0.4, -0.2) is 23.9 Å². The average Bonchev–Trinajstić information content (AvgIpc) is 2.31. The molecule has 0 aromatic heterocycles. The fraction of sp³-hybridized carbons (Fsp3) is 0.231. The monoisotopic (exact) mass is 232 g/mol. The summed E-state index contributed by atoms with van der Waals surface area (Å²) in [7, 11) is 0. The minimum absolute atomic E-state index is 0.0220. The standard InChI is InChI=1S/C13H16N2O2/c1-11(16)14-9-5-4-7-12-6-2-3-8-13(12)10-15-17/h2-4,6-8,10,17H,5,9H2,1H3,(H,14,16). The molecule has 0 heterocycles. The molecule has 0 saturated heterocycles. The third kappa shape index (κ3) is 4.97. The fourth-order valence-electron chi connectivity index (χ4n) is 1.38. The Morgan fingerprint density at radius 2 is 2.12 bits per heavy atom. The lowest BCUT2D eigenvalue weighted by molar-refractivity contribution is -0.118. The molecular weight excluding hydrogens is 216 g/mol. The van der Waals surface area contributed by atoms with Crippen LogP contribution in [0.3, 0.4) is 0 Å². The molecule has 1 aromatic rings. The largest absolute Gasteiger partial charge is 0.411 e. The van der Waals surface area contributed by atoms with Gasteiger partial charge < -0.3 is 10.5 Å². The van der Waals surface area contributed by atoms with Crippen molar-refractivity contribution in [2.75, 3.05) is 6.54 Å². The van der Waals surface area contributed by atoms with Gasteiger partial charge in [-0.2, -0.15) is 0 Å². The molecule has 0 unspecified atom stereocenters. The van der Waals surface area contributed by atoms with Crippen LogP contribution >= 0.6 is 0 Å². The molecule has 1 aromatic carbocycles. The Kier molecular flexibility index (Phi) is 5.51. The average molecular weight is 232 g/mol. The molecule has 2 N–H and O–H groups in total. The summed E-state index contributed by atoms with van der Waals surface area (Å²) in [5, 5.41) is 14.2. The fourth-order valence-corrected chi connectivity index (χ4v) is 1.38. The molecule has 0 fully saturated rings. The second-order valence-corrected chi connectivity index (χ2v) is 3.55. The van der Waals surface area contributed by atoms with E-state index in [0.717, 1.165) is 17.5 Å². The molecule has 0 bridgehead atoms. The van der Waals surface area contributed by atoms with Crippen molar-refractivity contribution in [3.63, 3.8) is 0 Å². The van der Waals surface area contributed by atoms with Gasteiger partial charge in [0.25, 0.3) is 0 Å². The van der Waals surface area contributed by atoms with E-state index in [-0.39, 0.29) is 5.91 Å². The summed E-state index contributed by atoms with van der Waals surface area (Å²) in [6.45, 7) is 2.12. The smallest absolute Gasteiger partial charge is 0.216 e. The van der Waals surface area contributed by atoms with E-state index >= 15 is 0 Å². The molecule has 0 atom stereocenters. The van der Waals surface area contributed by atoms with Crippen LogP contribution in [0.2, 0.25) is 0 Å². The molecule has 4 heteroatoms. The quantitative estimate of drug-likeness (QED) is 0.353. The minimum atomic E-state index is -0.0220. The molecule has 1 amide bonds. The first-order chi connectivity index (χ1) is 8.24. The van der Waals surface area contributed by atoms with Gasteiger partial charge in [0.05, 0.1) is 6.21 Å². The van der Waals surface area contributed by atoms with E-state index in [1.807, 2.05) is 36.4 Å². The first-order valence-corrected chi connectivity index (χ1v) is 5.41. The van der Waals surface area contributed by atoms with Crippen LogP contribution in [0.1, 0.15) is 24.5 Å². The highest BCUT2D eigenvalue weighted by molar-refractivity contribution is 5.84. The molecular formula is C13H16N2O2. The van der Waals surface area contributed by atoms with Crippen molar-refractivity contribution in [1.29, 1.82) is 0 Å². The number of hydrogen-bond acceptors (Lipinski definition) is 3. The van der Waals surface area contributed by atoms with E-state index in [0.29, 0.717) is 6.54 Å². The van der Waals surface area contributed by atoms with Crippen molar-refractivity contribution in [1.82, 2.24) is 5.32 Å². The molecule has 17 heavy (non-hydrogen) atoms. The number of carbonyl (C=O) groups excluding carboxylic acids is 1. The zero-order valence-corrected chi connectivity index (χ0v) is 9.76. The highest BCUT2D eigenvalue weighted by atomic mass is 16.4. The number of carbonyl (C=O) groups is 1. The maximum absolute atomic E-state index is 10.6. The number of rotatable bonds is 5. The van der Waals surface area contributed by atoms with Crippen LogP contribution in [0.4, 0.5) is 0 Å². The summed E-state index contributed by atoms with van der Waals surface area (Å²) < 4.78 is 0. The molecule has 0 aliphatic rings. The van der Waals surface area contributed by atoms with Crippen LogP contribution in [0, 0.1) is 0 Å². The number of hydrogen-bond donors (Lipinski definition) is 2. The molecule has 4 nitrogen and oxygen atoms in total. The summed E-state index contributed by atoms with van der Waals surface area (Å²) in [6.07, 6.45) is 6.08. The number of amides is 1. The SMILES string of the molecule is CC(=O)NCCC=Cc1ccccc1C=NO. The lowest BCUT2D eigenvalue weighted by atomic mass is 10.1. The van der Waals surface area contributed by atoms with E-state index in [1.54, 1.807) is 0 Å². The molecule has 0 aliphatic heterocycles. The second kappa shape index (κ2) is 7.22. The first kappa shape index (κ1) is 13.0. The Hall–Kier alpha value is -2.10. The van der Waals surface area contributed by atoms with E-state index in [4.69, 9.17) is 5.21 Å². The van der Waals surface area contributed by atoms with Crippen LogP contribution in [0.25, 0.3) is 6.08 Å². The van der Waals surface area contributed by atoms with Gasteiger partial charge in [0.15, 0.2) is 0 Å². The van der Waals surface area contributed by atoms with Gasteiger partial charge in [0.2, 0.25) is 5.91 Å². The molecule has 1 rings (SSSR count). The maximum atomic E-state index is 10.6. The van der Waals surface area contributed by atoms with Gasteiger partial charge in [-0.05, 0) is 12.0 Å². The van der Waals surface area contributed by atoms with Crippen LogP contribution in [-0.2, 0) is 4.79 Å². The van der Waals surface area contributed by atoms with E-state index < -0.39 is 0 Å². The second-order valence-electron chi connectivity index (χ2n) is 3.55. The van der Waals surface area contributed by atoms with Gasteiger partial charge in [-0.3, -0.25) is 4.79 Å². The summed E-state index contributed by atoms with van der Waals surface area (Å²) in [5.74, 6) is -0.0220. The molecule has 0 radical (unpaired) electrons. The first-order valence-electron chi connectivity index (χ1n) is 5.41. The zero-order chi connectivity index (χ0) is 12.5. The lowest BCUT2D eigenvalue weighted by Crippen LogP contribution is -2.20. The lowest BCUT2D eigenvalue weighted by Gasteiger charge is -1.99. The Morgan fingerprint density at radius 1 is 1.41 bits per heavy atom. The van der Waals surface area contributed by atoms with Gasteiger partial charge in [0.1, 0.15) is 0 Å². The molecule has 90 valence electrons. The number of nitrogens with one attached hydrogen (secondary N) is 1. The molecule has 0 spiro atoms. The van der Waals surface area contributed by atoms with Crippen molar-refractivity contribution in [2.24, 2.45) is 5.16 Å². The van der Waals surface area contributed by atoms with Gasteiger partial charge in [-0.15, -0.1) is 0 Å². The van der Waals surface area contributed by atoms with Gasteiger partial charge >= 0.3 is 0 Å². The van der Waals surface area contributed by atoms with Gasteiger partial charge in [-0.1, -0.05) is 41.6 Å². The maximum Gasteiger partial charge on any atom is 0.216 e. The Balaban J connectivity index is 2.55. The molecule has 0 aliphatic carbocycles. The zero-order valence-electron chi connectivity index (χ0n) is 9.76. The molecule has 0 saturated carbocycles. The third-order valence-electron chi connectivity index (χ3n) is 2.18. The Bertz CT molecular complexity index is 425. The van der Waals surface area contributed by atoms with Crippen molar-refractivity contribution in [3.05, 3.63) is 41.5 Å². The number of benzene rings is 1. The van der Waals surface area contributed by atoms with Crippen molar-refractivity contribution >= 4 is 18.2 Å². The summed E-state index contributed by atoms with van der Waals surface area (Å²) in [6, 6.07) is 7.60. The van der Waals surface area contributed by atoms with Crippen LogP contribution in [0.15, 0.2) is 35.5 Å².